The Morgan fingerprint density at radius 1 is 1.80 bits per heavy atom. The van der Waals surface area contributed by atoms with Crippen molar-refractivity contribution >= 4 is 32.8 Å². The van der Waals surface area contributed by atoms with Gasteiger partial charge in [-0.25, -0.2) is 0 Å². The van der Waals surface area contributed by atoms with Crippen molar-refractivity contribution in [2.24, 2.45) is 0 Å². The predicted octanol–water partition coefficient (Wildman–Crippen LogP) is 1.41. The Labute approximate surface area is 71.1 Å². The Morgan fingerprint density at radius 2 is 2.50 bits per heavy atom. The van der Waals surface area contributed by atoms with Crippen molar-refractivity contribution in [2.45, 2.75) is 0 Å². The molecule has 1 aliphatic rings. The van der Waals surface area contributed by atoms with Crippen LogP contribution >= 0.6 is 27.7 Å². The highest BCUT2D eigenvalue weighted by atomic mass is 79.9. The van der Waals surface area contributed by atoms with Gasteiger partial charge in [0.15, 0.2) is 0 Å². The first-order valence-electron chi connectivity index (χ1n) is 2.62. The van der Waals surface area contributed by atoms with Crippen LogP contribution < -0.4 is 0 Å². The summed E-state index contributed by atoms with van der Waals surface area (Å²) in [5.74, 6) is 0. The van der Waals surface area contributed by atoms with Gasteiger partial charge < -0.3 is 5.11 Å². The van der Waals surface area contributed by atoms with E-state index in [0.29, 0.717) is 5.57 Å². The van der Waals surface area contributed by atoms with Gasteiger partial charge in [0.1, 0.15) is 0 Å². The van der Waals surface area contributed by atoms with Gasteiger partial charge in [0, 0.05) is 10.5 Å². The minimum Gasteiger partial charge on any atom is -0.392 e. The van der Waals surface area contributed by atoms with Crippen LogP contribution in [0.25, 0.3) is 0 Å². The zero-order valence-electron chi connectivity index (χ0n) is 5.00. The Morgan fingerprint density at radius 3 is 2.80 bits per heavy atom. The third-order valence-electron chi connectivity index (χ3n) is 1.07. The van der Waals surface area contributed by atoms with Crippen LogP contribution in [0.1, 0.15) is 0 Å². The molecule has 0 radical (unpaired) electrons. The molecule has 0 atom stereocenters. The lowest BCUT2D eigenvalue weighted by Gasteiger charge is -1.87. The molecule has 0 aromatic heterocycles. The summed E-state index contributed by atoms with van der Waals surface area (Å²) >= 11 is 4.22. The molecule has 0 aliphatic carbocycles. The molecule has 0 amide bonds. The van der Waals surface area contributed by atoms with E-state index in [2.05, 4.69) is 15.9 Å². The largest absolute Gasteiger partial charge is 0.392 e. The Kier molecular flexibility index (Phi) is 2.71. The summed E-state index contributed by atoms with van der Waals surface area (Å²) in [6.45, 7) is -0.170. The van der Waals surface area contributed by atoms with Crippen LogP contribution in [0.3, 0.4) is 0 Å². The van der Waals surface area contributed by atoms with Gasteiger partial charge in [-0.05, 0) is 22.8 Å². The predicted molar refractivity (Wildman–Crippen MR) is 44.8 cm³/mol. The number of rotatable bonds is 1. The summed E-state index contributed by atoms with van der Waals surface area (Å²) in [5.41, 5.74) is 0.468. The molecule has 1 aliphatic heterocycles. The third kappa shape index (κ3) is 1.51. The van der Waals surface area contributed by atoms with Gasteiger partial charge in [-0.2, -0.15) is 0 Å². The van der Waals surface area contributed by atoms with E-state index < -0.39 is 0 Å². The summed E-state index contributed by atoms with van der Waals surface area (Å²) in [6.07, 6.45) is 1.67. The molecule has 0 aromatic rings. The second-order valence-corrected chi connectivity index (χ2v) is 3.23. The van der Waals surface area contributed by atoms with E-state index in [4.69, 9.17) is 5.11 Å². The maximum atomic E-state index is 10.8. The van der Waals surface area contributed by atoms with Crippen LogP contribution in [0.4, 0.5) is 0 Å². The van der Waals surface area contributed by atoms with E-state index in [9.17, 15) is 4.79 Å². The third-order valence-corrected chi connectivity index (χ3v) is 2.78. The average Bonchev–Trinajstić information content (AvgIpc) is 2.30. The summed E-state index contributed by atoms with van der Waals surface area (Å²) in [6, 6.07) is 0. The molecular formula is C6H5BrO2S. The molecule has 0 saturated carbocycles. The highest BCUT2D eigenvalue weighted by molar-refractivity contribution is 9.11. The second kappa shape index (κ2) is 3.37. The zero-order chi connectivity index (χ0) is 7.56. The first-order valence-corrected chi connectivity index (χ1v) is 4.35. The minimum atomic E-state index is -0.170. The monoisotopic (exact) mass is 220 g/mol. The fourth-order valence-corrected chi connectivity index (χ4v) is 1.72. The number of aliphatic hydroxyl groups excluding tert-OH is 1. The number of halogens is 1. The van der Waals surface area contributed by atoms with Gasteiger partial charge in [-0.15, -0.1) is 0 Å². The molecular weight excluding hydrogens is 216 g/mol. The number of carbonyl (C=O) groups excluding carboxylic acids is 1. The van der Waals surface area contributed by atoms with Crippen molar-refractivity contribution in [3.05, 3.63) is 21.5 Å². The van der Waals surface area contributed by atoms with Crippen molar-refractivity contribution in [1.29, 1.82) is 0 Å². The molecule has 0 spiro atoms. The van der Waals surface area contributed by atoms with Crippen molar-refractivity contribution in [1.82, 2.24) is 0 Å². The van der Waals surface area contributed by atoms with Crippen molar-refractivity contribution in [3.8, 4) is 0 Å². The molecule has 0 unspecified atom stereocenters. The topological polar surface area (TPSA) is 37.3 Å². The molecule has 1 heterocycles. The summed E-state index contributed by atoms with van der Waals surface area (Å²) < 4.78 is 0. The van der Waals surface area contributed by atoms with Gasteiger partial charge in [0.25, 0.3) is 0 Å². The number of carbonyl (C=O) groups is 1. The minimum absolute atomic E-state index is 0.0619. The highest BCUT2D eigenvalue weighted by Crippen LogP contribution is 2.30. The normalized spacial score (nSPS) is 22.0. The van der Waals surface area contributed by atoms with E-state index in [1.165, 1.54) is 0 Å². The summed E-state index contributed by atoms with van der Waals surface area (Å²) in [5, 5.41) is 8.54. The summed E-state index contributed by atoms with van der Waals surface area (Å²) in [4.78, 5) is 13.4. The van der Waals surface area contributed by atoms with Crippen LogP contribution in [0.5, 0.6) is 0 Å². The van der Waals surface area contributed by atoms with Gasteiger partial charge in [0.2, 0.25) is 5.12 Å². The number of aliphatic hydroxyl groups is 1. The van der Waals surface area contributed by atoms with Gasteiger partial charge >= 0.3 is 0 Å². The molecule has 0 bridgehead atoms. The SMILES string of the molecule is O=C1S/C(=C\Br)C=C1CO. The number of thioether (sulfide) groups is 1. The molecule has 2 nitrogen and oxygen atoms in total. The number of hydrogen-bond donors (Lipinski definition) is 1. The van der Waals surface area contributed by atoms with Crippen LogP contribution in [0, 0.1) is 0 Å². The maximum Gasteiger partial charge on any atom is 0.222 e. The smallest absolute Gasteiger partial charge is 0.222 e. The fourth-order valence-electron chi connectivity index (χ4n) is 0.597. The van der Waals surface area contributed by atoms with Crippen LogP contribution in [0.2, 0.25) is 0 Å². The average molecular weight is 221 g/mol. The second-order valence-electron chi connectivity index (χ2n) is 1.73. The van der Waals surface area contributed by atoms with E-state index in [1.54, 1.807) is 11.1 Å². The highest BCUT2D eigenvalue weighted by Gasteiger charge is 2.18. The first-order chi connectivity index (χ1) is 4.77. The Hall–Kier alpha value is -0.0600. The van der Waals surface area contributed by atoms with Gasteiger partial charge in [-0.1, -0.05) is 15.9 Å². The molecule has 0 aromatic carbocycles. The lowest BCUT2D eigenvalue weighted by atomic mass is 10.3. The van der Waals surface area contributed by atoms with Crippen LogP contribution in [-0.2, 0) is 4.79 Å². The van der Waals surface area contributed by atoms with E-state index in [0.717, 1.165) is 16.7 Å². The molecule has 0 fully saturated rings. The molecule has 4 heteroatoms. The number of allylic oxidation sites excluding steroid dienone is 1. The number of hydrogen-bond acceptors (Lipinski definition) is 3. The van der Waals surface area contributed by atoms with Crippen molar-refractivity contribution < 1.29 is 9.90 Å². The summed E-state index contributed by atoms with van der Waals surface area (Å²) in [7, 11) is 0. The molecule has 1 rings (SSSR count). The Bertz CT molecular complexity index is 220. The lowest BCUT2D eigenvalue weighted by molar-refractivity contribution is -0.108. The van der Waals surface area contributed by atoms with E-state index in [1.807, 2.05) is 0 Å². The molecule has 1 N–H and O–H groups in total. The lowest BCUT2D eigenvalue weighted by Crippen LogP contribution is -1.95. The van der Waals surface area contributed by atoms with E-state index >= 15 is 0 Å². The van der Waals surface area contributed by atoms with Crippen LogP contribution in [0.15, 0.2) is 21.5 Å². The fraction of sp³-hybridized carbons (Fsp3) is 0.167. The standard InChI is InChI=1S/C6H5BrO2S/c7-2-5-1-4(3-8)6(9)10-5/h1-2,8H,3H2/b5-2-. The van der Waals surface area contributed by atoms with Crippen molar-refractivity contribution in [2.75, 3.05) is 6.61 Å². The van der Waals surface area contributed by atoms with Gasteiger partial charge in [0.05, 0.1) is 6.61 Å². The molecule has 10 heavy (non-hydrogen) atoms. The van der Waals surface area contributed by atoms with Crippen LogP contribution in [-0.4, -0.2) is 16.8 Å². The Balaban J connectivity index is 2.82. The first kappa shape index (κ1) is 8.04. The maximum absolute atomic E-state index is 10.8. The van der Waals surface area contributed by atoms with E-state index in [-0.39, 0.29) is 11.7 Å². The van der Waals surface area contributed by atoms with Gasteiger partial charge in [-0.3, -0.25) is 4.79 Å². The molecule has 0 saturated heterocycles. The van der Waals surface area contributed by atoms with Crippen molar-refractivity contribution in [3.63, 3.8) is 0 Å². The quantitative estimate of drug-likeness (QED) is 0.727. The molecule has 54 valence electrons. The zero-order valence-corrected chi connectivity index (χ0v) is 7.41.